The Morgan fingerprint density at radius 2 is 1.38 bits per heavy atom. The first kappa shape index (κ1) is 13.3. The molecule has 0 heterocycles. The van der Waals surface area contributed by atoms with Crippen molar-refractivity contribution in [3.8, 4) is 0 Å². The number of benzene rings is 2. The molecule has 2 aliphatic rings. The van der Waals surface area contributed by atoms with E-state index in [0.29, 0.717) is 0 Å². The third-order valence-electron chi connectivity index (χ3n) is 4.97. The van der Waals surface area contributed by atoms with E-state index in [1.165, 1.54) is 29.6 Å². The van der Waals surface area contributed by atoms with Gasteiger partial charge in [-0.3, -0.25) is 0 Å². The van der Waals surface area contributed by atoms with Gasteiger partial charge < -0.3 is 0 Å². The fourth-order valence-electron chi connectivity index (χ4n) is 3.91. The third-order valence-corrected chi connectivity index (χ3v) is 7.65. The summed E-state index contributed by atoms with van der Waals surface area (Å²) >= 11 is 0. The quantitative estimate of drug-likeness (QED) is 0.581. The fraction of sp³-hybridized carbons (Fsp3) is 0.300. The Balaban J connectivity index is 1.63. The molecule has 2 aliphatic carbocycles. The maximum Gasteiger partial charge on any atom is -0.0195 e. The van der Waals surface area contributed by atoms with Crippen LogP contribution in [0.1, 0.15) is 12.8 Å². The average Bonchev–Trinajstić information content (AvgIpc) is 3.17. The molecule has 0 nitrogen and oxygen atoms in total. The van der Waals surface area contributed by atoms with Crippen molar-refractivity contribution in [3.05, 3.63) is 72.8 Å². The van der Waals surface area contributed by atoms with E-state index in [4.69, 9.17) is 0 Å². The molecule has 1 fully saturated rings. The minimum atomic E-state index is -0.208. The highest BCUT2D eigenvalue weighted by atomic mass is 31.1. The Morgan fingerprint density at radius 3 is 1.86 bits per heavy atom. The van der Waals surface area contributed by atoms with Crippen LogP contribution in [0.5, 0.6) is 0 Å². The lowest BCUT2D eigenvalue weighted by atomic mass is 9.96. The molecule has 0 radical (unpaired) electrons. The first-order chi connectivity index (χ1) is 10.4. The van der Waals surface area contributed by atoms with Crippen LogP contribution in [0.15, 0.2) is 72.8 Å². The number of hydrogen-bond donors (Lipinski definition) is 0. The van der Waals surface area contributed by atoms with Crippen molar-refractivity contribution in [3.63, 3.8) is 0 Å². The van der Waals surface area contributed by atoms with Crippen molar-refractivity contribution in [2.45, 2.75) is 12.8 Å². The summed E-state index contributed by atoms with van der Waals surface area (Å²) in [5.41, 5.74) is 0. The molecule has 2 aromatic carbocycles. The molecule has 3 unspecified atom stereocenters. The summed E-state index contributed by atoms with van der Waals surface area (Å²) in [5, 5.41) is 3.07. The standard InChI is InChI=1S/C20H21P/c1-3-7-19(8-4-1)21(20-9-5-2-6-10-20)15-18-14-16-11-12-17(18)13-16/h1-12,16-18H,13-15H2. The minimum Gasteiger partial charge on any atom is -0.0851 e. The molecule has 0 saturated heterocycles. The SMILES string of the molecule is C1=CC2CC1CC2CP(c1ccccc1)c1ccccc1. The van der Waals surface area contributed by atoms with Crippen LogP contribution in [-0.2, 0) is 0 Å². The van der Waals surface area contributed by atoms with Crippen molar-refractivity contribution >= 4 is 18.5 Å². The normalized spacial score (nSPS) is 26.6. The van der Waals surface area contributed by atoms with E-state index in [2.05, 4.69) is 72.8 Å². The maximum atomic E-state index is 2.49. The smallest absolute Gasteiger partial charge is 0.0195 e. The largest absolute Gasteiger partial charge is 0.0851 e. The van der Waals surface area contributed by atoms with Gasteiger partial charge in [-0.15, -0.1) is 0 Å². The summed E-state index contributed by atoms with van der Waals surface area (Å²) in [6, 6.07) is 22.3. The van der Waals surface area contributed by atoms with Crippen LogP contribution in [0.25, 0.3) is 0 Å². The topological polar surface area (TPSA) is 0 Å². The van der Waals surface area contributed by atoms with Crippen molar-refractivity contribution < 1.29 is 0 Å². The van der Waals surface area contributed by atoms with Crippen LogP contribution in [-0.4, -0.2) is 6.16 Å². The predicted molar refractivity (Wildman–Crippen MR) is 92.8 cm³/mol. The Morgan fingerprint density at radius 1 is 0.762 bits per heavy atom. The highest BCUT2D eigenvalue weighted by molar-refractivity contribution is 7.73. The predicted octanol–water partition coefficient (Wildman–Crippen LogP) is 4.33. The van der Waals surface area contributed by atoms with Crippen LogP contribution >= 0.6 is 7.92 Å². The molecule has 106 valence electrons. The third kappa shape index (κ3) is 2.70. The Hall–Kier alpha value is -1.39. The lowest BCUT2D eigenvalue weighted by Gasteiger charge is -2.26. The monoisotopic (exact) mass is 292 g/mol. The first-order valence-corrected chi connectivity index (χ1v) is 9.49. The van der Waals surface area contributed by atoms with Crippen LogP contribution in [0.3, 0.4) is 0 Å². The fourth-order valence-corrected chi connectivity index (χ4v) is 6.59. The second-order valence-electron chi connectivity index (χ2n) is 6.32. The van der Waals surface area contributed by atoms with E-state index in [1.807, 2.05) is 0 Å². The van der Waals surface area contributed by atoms with Crippen LogP contribution in [0, 0.1) is 17.8 Å². The lowest BCUT2D eigenvalue weighted by Crippen LogP contribution is -2.20. The first-order valence-electron chi connectivity index (χ1n) is 7.96. The van der Waals surface area contributed by atoms with Crippen LogP contribution < -0.4 is 10.6 Å². The summed E-state index contributed by atoms with van der Waals surface area (Å²) in [4.78, 5) is 0. The molecule has 0 N–H and O–H groups in total. The van der Waals surface area contributed by atoms with Gasteiger partial charge in [0.05, 0.1) is 0 Å². The van der Waals surface area contributed by atoms with E-state index in [1.54, 1.807) is 0 Å². The molecule has 0 amide bonds. The molecule has 0 spiro atoms. The molecule has 2 aromatic rings. The Kier molecular flexibility index (Phi) is 3.65. The van der Waals surface area contributed by atoms with E-state index >= 15 is 0 Å². The van der Waals surface area contributed by atoms with Gasteiger partial charge in [0.2, 0.25) is 0 Å². The van der Waals surface area contributed by atoms with Gasteiger partial charge in [-0.05, 0) is 55.3 Å². The highest BCUT2D eigenvalue weighted by Gasteiger charge is 2.37. The zero-order chi connectivity index (χ0) is 14.1. The zero-order valence-electron chi connectivity index (χ0n) is 12.2. The van der Waals surface area contributed by atoms with Crippen LogP contribution in [0.4, 0.5) is 0 Å². The highest BCUT2D eigenvalue weighted by Crippen LogP contribution is 2.49. The van der Waals surface area contributed by atoms with Gasteiger partial charge in [-0.25, -0.2) is 0 Å². The van der Waals surface area contributed by atoms with Crippen molar-refractivity contribution in [2.75, 3.05) is 6.16 Å². The number of rotatable bonds is 4. The Bertz CT molecular complexity index is 577. The number of allylic oxidation sites excluding steroid dienone is 2. The molecule has 1 saturated carbocycles. The van der Waals surface area contributed by atoms with Gasteiger partial charge in [-0.1, -0.05) is 72.8 Å². The lowest BCUT2D eigenvalue weighted by molar-refractivity contribution is 0.500. The van der Waals surface area contributed by atoms with Gasteiger partial charge in [0.15, 0.2) is 0 Å². The molecule has 3 atom stereocenters. The summed E-state index contributed by atoms with van der Waals surface area (Å²) in [6.07, 6.45) is 9.13. The molecular weight excluding hydrogens is 271 g/mol. The van der Waals surface area contributed by atoms with Crippen molar-refractivity contribution in [1.82, 2.24) is 0 Å². The van der Waals surface area contributed by atoms with Crippen molar-refractivity contribution in [2.24, 2.45) is 17.8 Å². The van der Waals surface area contributed by atoms with Gasteiger partial charge in [0.1, 0.15) is 0 Å². The molecule has 2 bridgehead atoms. The zero-order valence-corrected chi connectivity index (χ0v) is 13.1. The van der Waals surface area contributed by atoms with E-state index < -0.39 is 0 Å². The second kappa shape index (κ2) is 5.78. The summed E-state index contributed by atoms with van der Waals surface area (Å²) in [5.74, 6) is 2.63. The Labute approximate surface area is 128 Å². The molecule has 4 rings (SSSR count). The van der Waals surface area contributed by atoms with Gasteiger partial charge in [0.25, 0.3) is 0 Å². The molecule has 0 aliphatic heterocycles. The van der Waals surface area contributed by atoms with E-state index in [0.717, 1.165) is 17.8 Å². The van der Waals surface area contributed by atoms with E-state index in [9.17, 15) is 0 Å². The van der Waals surface area contributed by atoms with Crippen molar-refractivity contribution in [1.29, 1.82) is 0 Å². The van der Waals surface area contributed by atoms with E-state index in [-0.39, 0.29) is 7.92 Å². The van der Waals surface area contributed by atoms with Gasteiger partial charge in [-0.2, -0.15) is 0 Å². The molecule has 21 heavy (non-hydrogen) atoms. The molecular formula is C20H21P. The van der Waals surface area contributed by atoms with Gasteiger partial charge in [0, 0.05) is 0 Å². The average molecular weight is 292 g/mol. The minimum absolute atomic E-state index is 0.208. The number of hydrogen-bond acceptors (Lipinski definition) is 0. The molecule has 1 heteroatoms. The summed E-state index contributed by atoms with van der Waals surface area (Å²) < 4.78 is 0. The second-order valence-corrected chi connectivity index (χ2v) is 8.58. The van der Waals surface area contributed by atoms with Gasteiger partial charge >= 0.3 is 0 Å². The molecule has 0 aromatic heterocycles. The number of fused-ring (bicyclic) bond motifs is 2. The summed E-state index contributed by atoms with van der Waals surface area (Å²) in [7, 11) is -0.208. The van der Waals surface area contributed by atoms with Crippen LogP contribution in [0.2, 0.25) is 0 Å². The maximum absolute atomic E-state index is 2.49. The summed E-state index contributed by atoms with van der Waals surface area (Å²) in [6.45, 7) is 0.